The van der Waals surface area contributed by atoms with Gasteiger partial charge in [0.05, 0.1) is 30.3 Å². The Labute approximate surface area is 163 Å². The van der Waals surface area contributed by atoms with E-state index in [1.165, 1.54) is 32.1 Å². The van der Waals surface area contributed by atoms with Crippen LogP contribution in [-0.4, -0.2) is 54.4 Å². The van der Waals surface area contributed by atoms with Gasteiger partial charge in [0.1, 0.15) is 0 Å². The zero-order chi connectivity index (χ0) is 18.9. The molecule has 0 spiro atoms. The maximum atomic E-state index is 12.9. The second-order valence-corrected chi connectivity index (χ2v) is 10.6. The Morgan fingerprint density at radius 1 is 1.15 bits per heavy atom. The molecule has 1 aromatic heterocycles. The molecule has 2 heterocycles. The summed E-state index contributed by atoms with van der Waals surface area (Å²) in [6.07, 6.45) is 12.4. The molecule has 4 rings (SSSR count). The highest BCUT2D eigenvalue weighted by molar-refractivity contribution is 7.91. The first kappa shape index (κ1) is 19.4. The van der Waals surface area contributed by atoms with Crippen molar-refractivity contribution in [2.24, 2.45) is 5.92 Å². The molecule has 0 amide bonds. The highest BCUT2D eigenvalue weighted by atomic mass is 32.2. The Balaban J connectivity index is 1.55. The van der Waals surface area contributed by atoms with Crippen LogP contribution in [0.25, 0.3) is 0 Å². The summed E-state index contributed by atoms with van der Waals surface area (Å²) in [6.45, 7) is 2.14. The van der Waals surface area contributed by atoms with Gasteiger partial charge in [-0.25, -0.2) is 13.4 Å². The minimum absolute atomic E-state index is 0.104. The Morgan fingerprint density at radius 2 is 1.93 bits per heavy atom. The second-order valence-electron chi connectivity index (χ2n) is 8.71. The van der Waals surface area contributed by atoms with Crippen LogP contribution in [0.15, 0.2) is 11.4 Å². The zero-order valence-corrected chi connectivity index (χ0v) is 17.3. The summed E-state index contributed by atoms with van der Waals surface area (Å²) in [4.78, 5) is 6.79. The van der Waals surface area contributed by atoms with Crippen LogP contribution in [-0.2, 0) is 27.7 Å². The van der Waals surface area contributed by atoms with Crippen molar-refractivity contribution in [3.8, 4) is 0 Å². The average molecular weight is 396 g/mol. The largest absolute Gasteiger partial charge is 0.376 e. The lowest BCUT2D eigenvalue weighted by atomic mass is 9.94. The van der Waals surface area contributed by atoms with Crippen LogP contribution < -0.4 is 0 Å². The van der Waals surface area contributed by atoms with E-state index >= 15 is 0 Å². The van der Waals surface area contributed by atoms with E-state index in [0.717, 1.165) is 44.5 Å². The molecule has 0 radical (unpaired) electrons. The number of hydrogen-bond donors (Lipinski definition) is 0. The number of ether oxygens (including phenoxy) is 1. The highest BCUT2D eigenvalue weighted by Crippen LogP contribution is 2.32. The number of imidazole rings is 1. The van der Waals surface area contributed by atoms with Crippen molar-refractivity contribution in [3.63, 3.8) is 0 Å². The van der Waals surface area contributed by atoms with Crippen molar-refractivity contribution in [1.29, 1.82) is 0 Å². The third kappa shape index (κ3) is 4.74. The summed E-state index contributed by atoms with van der Waals surface area (Å²) >= 11 is 0. The normalized spacial score (nSPS) is 24.7. The van der Waals surface area contributed by atoms with E-state index in [2.05, 4.69) is 16.9 Å². The molecule has 27 heavy (non-hydrogen) atoms. The lowest BCUT2D eigenvalue weighted by Crippen LogP contribution is -2.34. The Morgan fingerprint density at radius 3 is 2.59 bits per heavy atom. The number of rotatable bonds is 8. The molecule has 0 aromatic carbocycles. The summed E-state index contributed by atoms with van der Waals surface area (Å²) in [5.41, 5.74) is 1.01. The molecule has 7 heteroatoms. The second kappa shape index (κ2) is 8.21. The van der Waals surface area contributed by atoms with Gasteiger partial charge >= 0.3 is 0 Å². The van der Waals surface area contributed by atoms with Crippen molar-refractivity contribution in [2.45, 2.75) is 88.2 Å². The van der Waals surface area contributed by atoms with Crippen LogP contribution in [0, 0.1) is 5.92 Å². The van der Waals surface area contributed by atoms with E-state index in [0.29, 0.717) is 18.5 Å². The van der Waals surface area contributed by atoms with Gasteiger partial charge in [-0.2, -0.15) is 0 Å². The maximum Gasteiger partial charge on any atom is 0.227 e. The molecule has 3 fully saturated rings. The van der Waals surface area contributed by atoms with E-state index in [1.807, 2.05) is 4.57 Å². The number of sulfone groups is 1. The van der Waals surface area contributed by atoms with Crippen molar-refractivity contribution in [3.05, 3.63) is 11.9 Å². The summed E-state index contributed by atoms with van der Waals surface area (Å²) < 4.78 is 33.6. The van der Waals surface area contributed by atoms with Crippen LogP contribution in [0.4, 0.5) is 0 Å². The quantitative estimate of drug-likeness (QED) is 0.677. The first-order valence-corrected chi connectivity index (χ1v) is 12.3. The monoisotopic (exact) mass is 395 g/mol. The lowest BCUT2D eigenvalue weighted by Gasteiger charge is -2.31. The van der Waals surface area contributed by atoms with Crippen molar-refractivity contribution >= 4 is 9.84 Å². The average Bonchev–Trinajstić information content (AvgIpc) is 3.15. The molecule has 1 aromatic rings. The molecule has 1 unspecified atom stereocenters. The van der Waals surface area contributed by atoms with Gasteiger partial charge in [-0.1, -0.05) is 19.3 Å². The Hall–Kier alpha value is -0.920. The standard InChI is InChI=1S/C20H33N3O3S/c1-22(17-6-3-2-4-7-17)13-18-12-21-20(27(24,25)15-16-9-10-16)23(18)14-19-8-5-11-26-19/h12,16-17,19H,2-11,13-15H2,1H3. The fourth-order valence-corrected chi connectivity index (χ4v) is 6.37. The van der Waals surface area contributed by atoms with Gasteiger partial charge in [-0.15, -0.1) is 0 Å². The van der Waals surface area contributed by atoms with Crippen molar-refractivity contribution < 1.29 is 13.2 Å². The number of nitrogens with zero attached hydrogens (tertiary/aromatic N) is 3. The first-order chi connectivity index (χ1) is 13.0. The van der Waals surface area contributed by atoms with Gasteiger partial charge in [0.2, 0.25) is 15.0 Å². The molecule has 6 nitrogen and oxygen atoms in total. The molecule has 1 aliphatic heterocycles. The lowest BCUT2D eigenvalue weighted by molar-refractivity contribution is 0.0927. The van der Waals surface area contributed by atoms with Crippen LogP contribution >= 0.6 is 0 Å². The van der Waals surface area contributed by atoms with Gasteiger partial charge in [0, 0.05) is 19.2 Å². The topological polar surface area (TPSA) is 64.4 Å². The maximum absolute atomic E-state index is 12.9. The zero-order valence-electron chi connectivity index (χ0n) is 16.5. The third-order valence-electron chi connectivity index (χ3n) is 6.35. The van der Waals surface area contributed by atoms with E-state index < -0.39 is 9.84 Å². The fraction of sp³-hybridized carbons (Fsp3) is 0.850. The van der Waals surface area contributed by atoms with E-state index in [-0.39, 0.29) is 17.0 Å². The molecule has 2 saturated carbocycles. The van der Waals surface area contributed by atoms with Crippen molar-refractivity contribution in [2.75, 3.05) is 19.4 Å². The van der Waals surface area contributed by atoms with Crippen molar-refractivity contribution in [1.82, 2.24) is 14.5 Å². The molecular weight excluding hydrogens is 362 g/mol. The first-order valence-electron chi connectivity index (χ1n) is 10.6. The number of aromatic nitrogens is 2. The number of hydrogen-bond acceptors (Lipinski definition) is 5. The fourth-order valence-electron chi connectivity index (χ4n) is 4.53. The molecule has 3 aliphatic rings. The Kier molecular flexibility index (Phi) is 5.90. The Bertz CT molecular complexity index is 730. The molecular formula is C20H33N3O3S. The molecule has 2 aliphatic carbocycles. The van der Waals surface area contributed by atoms with Gasteiger partial charge in [-0.05, 0) is 51.5 Å². The minimum Gasteiger partial charge on any atom is -0.376 e. The predicted molar refractivity (Wildman–Crippen MR) is 104 cm³/mol. The van der Waals surface area contributed by atoms with E-state index in [1.54, 1.807) is 6.20 Å². The van der Waals surface area contributed by atoms with Crippen LogP contribution in [0.2, 0.25) is 0 Å². The van der Waals surface area contributed by atoms with Gasteiger partial charge < -0.3 is 9.30 Å². The van der Waals surface area contributed by atoms with Crippen LogP contribution in [0.3, 0.4) is 0 Å². The summed E-state index contributed by atoms with van der Waals surface area (Å²) in [5.74, 6) is 0.573. The summed E-state index contributed by atoms with van der Waals surface area (Å²) in [7, 11) is -1.17. The van der Waals surface area contributed by atoms with Gasteiger partial charge in [0.15, 0.2) is 0 Å². The SMILES string of the molecule is CN(Cc1cnc(S(=O)(=O)CC2CC2)n1CC1CCCO1)C1CCCCC1. The predicted octanol–water partition coefficient (Wildman–Crippen LogP) is 3.01. The van der Waals surface area contributed by atoms with Crippen LogP contribution in [0.5, 0.6) is 0 Å². The van der Waals surface area contributed by atoms with Crippen LogP contribution in [0.1, 0.15) is 63.5 Å². The molecule has 0 bridgehead atoms. The smallest absolute Gasteiger partial charge is 0.227 e. The molecule has 1 atom stereocenters. The van der Waals surface area contributed by atoms with E-state index in [9.17, 15) is 8.42 Å². The van der Waals surface area contributed by atoms with Gasteiger partial charge in [0.25, 0.3) is 0 Å². The van der Waals surface area contributed by atoms with E-state index in [4.69, 9.17) is 4.74 Å². The highest BCUT2D eigenvalue weighted by Gasteiger charge is 2.33. The minimum atomic E-state index is -3.33. The molecule has 1 saturated heterocycles. The summed E-state index contributed by atoms with van der Waals surface area (Å²) in [5, 5.41) is 0.261. The van der Waals surface area contributed by atoms with Gasteiger partial charge in [-0.3, -0.25) is 4.90 Å². The third-order valence-corrected chi connectivity index (χ3v) is 8.14. The molecule has 152 valence electrons. The molecule has 0 N–H and O–H groups in total. The summed E-state index contributed by atoms with van der Waals surface area (Å²) in [6, 6.07) is 0.594.